The van der Waals surface area contributed by atoms with E-state index in [1.165, 1.54) is 18.2 Å². The predicted octanol–water partition coefficient (Wildman–Crippen LogP) is 3.90. The zero-order valence-electron chi connectivity index (χ0n) is 10.4. The fourth-order valence-electron chi connectivity index (χ4n) is 2.05. The predicted molar refractivity (Wildman–Crippen MR) is 74.1 cm³/mol. The van der Waals surface area contributed by atoms with Gasteiger partial charge in [0.2, 0.25) is 0 Å². The molecule has 0 amide bonds. The molecule has 1 unspecified atom stereocenters. The molecule has 3 rings (SSSR count). The number of aliphatic hydroxyl groups is 1. The first-order valence-electron chi connectivity index (χ1n) is 6.11. The zero-order chi connectivity index (χ0) is 14.1. The quantitative estimate of drug-likeness (QED) is 0.796. The molecule has 0 fully saturated rings. The van der Waals surface area contributed by atoms with E-state index < -0.39 is 11.9 Å². The number of rotatable bonds is 3. The number of hydrogen-bond donors (Lipinski definition) is 1. The second kappa shape index (κ2) is 5.23. The van der Waals surface area contributed by atoms with Crippen LogP contribution in [-0.2, 0) is 6.42 Å². The molecular weight excluding hydrogens is 281 g/mol. The molecule has 3 nitrogen and oxygen atoms in total. The smallest absolute Gasteiger partial charge is 0.198 e. The molecule has 0 aliphatic heterocycles. The minimum Gasteiger partial charge on any atom is -0.441 e. The van der Waals surface area contributed by atoms with Crippen LogP contribution in [0.1, 0.15) is 17.6 Å². The monoisotopic (exact) mass is 291 g/mol. The second-order valence-corrected chi connectivity index (χ2v) is 4.87. The van der Waals surface area contributed by atoms with E-state index in [9.17, 15) is 9.50 Å². The van der Waals surface area contributed by atoms with Gasteiger partial charge in [-0.05, 0) is 29.8 Å². The van der Waals surface area contributed by atoms with E-state index in [0.29, 0.717) is 17.0 Å². The second-order valence-electron chi connectivity index (χ2n) is 4.46. The number of benzene rings is 2. The fraction of sp³-hybridized carbons (Fsp3) is 0.133. The Hall–Kier alpha value is -1.91. The van der Waals surface area contributed by atoms with E-state index in [1.54, 1.807) is 0 Å². The Balaban J connectivity index is 1.86. The third-order valence-electron chi connectivity index (χ3n) is 3.03. The number of nitrogens with zero attached hydrogens (tertiary/aromatic N) is 1. The number of halogens is 2. The summed E-state index contributed by atoms with van der Waals surface area (Å²) in [6, 6.07) is 11.3. The SMILES string of the molecule is OC(Cc1nc2ccccc2o1)c1ccc(F)cc1Cl. The van der Waals surface area contributed by atoms with E-state index in [-0.39, 0.29) is 11.4 Å². The van der Waals surface area contributed by atoms with Crippen LogP contribution in [0.4, 0.5) is 4.39 Å². The Morgan fingerprint density at radius 1 is 1.25 bits per heavy atom. The summed E-state index contributed by atoms with van der Waals surface area (Å²) in [5.74, 6) is -0.0214. The molecule has 20 heavy (non-hydrogen) atoms. The number of aliphatic hydroxyl groups excluding tert-OH is 1. The van der Waals surface area contributed by atoms with Gasteiger partial charge in [0.25, 0.3) is 0 Å². The van der Waals surface area contributed by atoms with Crippen molar-refractivity contribution in [3.8, 4) is 0 Å². The highest BCUT2D eigenvalue weighted by molar-refractivity contribution is 6.31. The summed E-state index contributed by atoms with van der Waals surface area (Å²) in [5.41, 5.74) is 1.86. The molecule has 0 bridgehead atoms. The molecule has 0 saturated carbocycles. The van der Waals surface area contributed by atoms with E-state index in [0.717, 1.165) is 5.52 Å². The van der Waals surface area contributed by atoms with Crippen LogP contribution in [-0.4, -0.2) is 10.1 Å². The molecule has 2 aromatic carbocycles. The van der Waals surface area contributed by atoms with Gasteiger partial charge in [0.15, 0.2) is 11.5 Å². The van der Waals surface area contributed by atoms with Crippen molar-refractivity contribution in [3.05, 3.63) is 64.8 Å². The minimum atomic E-state index is -0.892. The van der Waals surface area contributed by atoms with Crippen LogP contribution in [0, 0.1) is 5.82 Å². The van der Waals surface area contributed by atoms with Gasteiger partial charge in [-0.2, -0.15) is 0 Å². The van der Waals surface area contributed by atoms with Crippen LogP contribution < -0.4 is 0 Å². The van der Waals surface area contributed by atoms with Crippen molar-refractivity contribution in [1.29, 1.82) is 0 Å². The van der Waals surface area contributed by atoms with Gasteiger partial charge in [-0.15, -0.1) is 0 Å². The summed E-state index contributed by atoms with van der Waals surface area (Å²) in [7, 11) is 0. The highest BCUT2D eigenvalue weighted by Gasteiger charge is 2.16. The summed E-state index contributed by atoms with van der Waals surface area (Å²) >= 11 is 5.92. The maximum absolute atomic E-state index is 13.0. The van der Waals surface area contributed by atoms with Crippen LogP contribution in [0.25, 0.3) is 11.1 Å². The largest absolute Gasteiger partial charge is 0.441 e. The van der Waals surface area contributed by atoms with E-state index >= 15 is 0 Å². The number of para-hydroxylation sites is 2. The summed E-state index contributed by atoms with van der Waals surface area (Å²) in [6.45, 7) is 0. The molecule has 0 saturated heterocycles. The molecule has 0 aliphatic rings. The van der Waals surface area contributed by atoms with Crippen LogP contribution in [0.3, 0.4) is 0 Å². The summed E-state index contributed by atoms with van der Waals surface area (Å²) in [6.07, 6.45) is -0.712. The van der Waals surface area contributed by atoms with Gasteiger partial charge >= 0.3 is 0 Å². The molecule has 1 aromatic heterocycles. The Labute approximate surface area is 119 Å². The number of fused-ring (bicyclic) bond motifs is 1. The average molecular weight is 292 g/mol. The third kappa shape index (κ3) is 2.53. The van der Waals surface area contributed by atoms with Gasteiger partial charge < -0.3 is 9.52 Å². The molecule has 1 heterocycles. The molecule has 102 valence electrons. The lowest BCUT2D eigenvalue weighted by atomic mass is 10.1. The summed E-state index contributed by atoms with van der Waals surface area (Å²) in [4.78, 5) is 4.28. The lowest BCUT2D eigenvalue weighted by molar-refractivity contribution is 0.169. The van der Waals surface area contributed by atoms with Crippen molar-refractivity contribution in [2.24, 2.45) is 0 Å². The molecule has 5 heteroatoms. The van der Waals surface area contributed by atoms with Crippen molar-refractivity contribution in [2.75, 3.05) is 0 Å². The third-order valence-corrected chi connectivity index (χ3v) is 3.35. The first kappa shape index (κ1) is 13.1. The number of aromatic nitrogens is 1. The van der Waals surface area contributed by atoms with Crippen molar-refractivity contribution < 1.29 is 13.9 Å². The van der Waals surface area contributed by atoms with E-state index in [2.05, 4.69) is 4.98 Å². The van der Waals surface area contributed by atoms with Gasteiger partial charge in [0.05, 0.1) is 12.5 Å². The van der Waals surface area contributed by atoms with Gasteiger partial charge in [0.1, 0.15) is 11.3 Å². The first-order chi connectivity index (χ1) is 9.63. The minimum absolute atomic E-state index is 0.181. The van der Waals surface area contributed by atoms with E-state index in [1.807, 2.05) is 24.3 Å². The Kier molecular flexibility index (Phi) is 3.42. The summed E-state index contributed by atoms with van der Waals surface area (Å²) in [5, 5.41) is 10.4. The van der Waals surface area contributed by atoms with Gasteiger partial charge in [-0.3, -0.25) is 0 Å². The molecular formula is C15H11ClFNO2. The number of hydrogen-bond acceptors (Lipinski definition) is 3. The lowest BCUT2D eigenvalue weighted by Crippen LogP contribution is -2.03. The molecule has 1 N–H and O–H groups in total. The molecule has 0 radical (unpaired) electrons. The van der Waals surface area contributed by atoms with Crippen molar-refractivity contribution in [2.45, 2.75) is 12.5 Å². The van der Waals surface area contributed by atoms with Crippen LogP contribution in [0.5, 0.6) is 0 Å². The normalized spacial score (nSPS) is 12.8. The van der Waals surface area contributed by atoms with Crippen LogP contribution >= 0.6 is 11.6 Å². The summed E-state index contributed by atoms with van der Waals surface area (Å²) < 4.78 is 18.5. The lowest BCUT2D eigenvalue weighted by Gasteiger charge is -2.10. The molecule has 1 atom stereocenters. The fourth-order valence-corrected chi connectivity index (χ4v) is 2.35. The standard InChI is InChI=1S/C15H11ClFNO2/c16-11-7-9(17)5-6-10(11)13(19)8-15-18-12-3-1-2-4-14(12)20-15/h1-7,13,19H,8H2. The Bertz CT molecular complexity index is 723. The number of oxazole rings is 1. The van der Waals surface area contributed by atoms with Crippen molar-refractivity contribution >= 4 is 22.7 Å². The molecule has 0 spiro atoms. The topological polar surface area (TPSA) is 46.3 Å². The Morgan fingerprint density at radius 3 is 2.80 bits per heavy atom. The maximum Gasteiger partial charge on any atom is 0.198 e. The van der Waals surface area contributed by atoms with Crippen LogP contribution in [0.2, 0.25) is 5.02 Å². The van der Waals surface area contributed by atoms with Crippen molar-refractivity contribution in [3.63, 3.8) is 0 Å². The Morgan fingerprint density at radius 2 is 2.05 bits per heavy atom. The van der Waals surface area contributed by atoms with Gasteiger partial charge in [0, 0.05) is 5.02 Å². The maximum atomic E-state index is 13.0. The zero-order valence-corrected chi connectivity index (χ0v) is 11.1. The van der Waals surface area contributed by atoms with E-state index in [4.69, 9.17) is 16.0 Å². The highest BCUT2D eigenvalue weighted by atomic mass is 35.5. The van der Waals surface area contributed by atoms with Gasteiger partial charge in [-0.1, -0.05) is 29.8 Å². The van der Waals surface area contributed by atoms with Crippen LogP contribution in [0.15, 0.2) is 46.9 Å². The first-order valence-corrected chi connectivity index (χ1v) is 6.49. The molecule has 0 aliphatic carbocycles. The average Bonchev–Trinajstić information content (AvgIpc) is 2.80. The molecule has 3 aromatic rings. The highest BCUT2D eigenvalue weighted by Crippen LogP contribution is 2.27. The van der Waals surface area contributed by atoms with Crippen molar-refractivity contribution in [1.82, 2.24) is 4.98 Å². The van der Waals surface area contributed by atoms with Gasteiger partial charge in [-0.25, -0.2) is 9.37 Å².